The summed E-state index contributed by atoms with van der Waals surface area (Å²) < 4.78 is 38.3. The molecule has 0 saturated heterocycles. The maximum atomic E-state index is 12.8. The molecule has 0 atom stereocenters. The molecule has 0 unspecified atom stereocenters. The minimum absolute atomic E-state index is 0.294. The van der Waals surface area contributed by atoms with Crippen molar-refractivity contribution >= 4 is 28.2 Å². The van der Waals surface area contributed by atoms with Gasteiger partial charge in [-0.1, -0.05) is 18.2 Å². The lowest BCUT2D eigenvalue weighted by atomic mass is 10.1. The quantitative estimate of drug-likeness (QED) is 0.553. The molecule has 0 radical (unpaired) electrons. The number of pyridine rings is 1. The van der Waals surface area contributed by atoms with E-state index in [2.05, 4.69) is 10.3 Å². The molecule has 132 valence electrons. The Kier molecular flexibility index (Phi) is 4.29. The molecule has 2 aromatic carbocycles. The highest BCUT2D eigenvalue weighted by molar-refractivity contribution is 6.10. The van der Waals surface area contributed by atoms with Crippen molar-refractivity contribution in [2.24, 2.45) is 0 Å². The van der Waals surface area contributed by atoms with Crippen LogP contribution in [0, 0.1) is 10.1 Å². The van der Waals surface area contributed by atoms with Crippen LogP contribution in [0.2, 0.25) is 0 Å². The number of nitro groups is 1. The number of nitrogens with one attached hydrogen (secondary N) is 1. The van der Waals surface area contributed by atoms with Crippen molar-refractivity contribution in [3.63, 3.8) is 0 Å². The molecular formula is C17H10F3N3O3. The molecule has 0 spiro atoms. The molecule has 3 rings (SSSR count). The average Bonchev–Trinajstić information content (AvgIpc) is 2.60. The van der Waals surface area contributed by atoms with E-state index in [1.54, 1.807) is 30.3 Å². The van der Waals surface area contributed by atoms with Crippen molar-refractivity contribution in [3.8, 4) is 0 Å². The molecule has 0 aliphatic rings. The molecule has 0 aliphatic carbocycles. The fourth-order valence-corrected chi connectivity index (χ4v) is 2.45. The Bertz CT molecular complexity index is 1010. The van der Waals surface area contributed by atoms with Crippen LogP contribution in [0.5, 0.6) is 0 Å². The maximum Gasteiger partial charge on any atom is 0.416 e. The first kappa shape index (κ1) is 17.3. The van der Waals surface area contributed by atoms with E-state index in [-0.39, 0.29) is 0 Å². The molecule has 1 N–H and O–H groups in total. The predicted molar refractivity (Wildman–Crippen MR) is 87.8 cm³/mol. The second kappa shape index (κ2) is 6.43. The van der Waals surface area contributed by atoms with E-state index in [4.69, 9.17) is 0 Å². The summed E-state index contributed by atoms with van der Waals surface area (Å²) in [5, 5.41) is 14.3. The first-order valence-electron chi connectivity index (χ1n) is 7.28. The summed E-state index contributed by atoms with van der Waals surface area (Å²) in [6.07, 6.45) is -3.24. The van der Waals surface area contributed by atoms with E-state index in [9.17, 15) is 28.1 Å². The number of anilines is 1. The predicted octanol–water partition coefficient (Wildman–Crippen LogP) is 4.41. The number of halogens is 3. The van der Waals surface area contributed by atoms with Gasteiger partial charge in [0.15, 0.2) is 0 Å². The normalized spacial score (nSPS) is 11.3. The Morgan fingerprint density at radius 1 is 1.12 bits per heavy atom. The standard InChI is InChI=1S/C17H10F3N3O3/c18-17(19,20)11-6-7-12(14(9-11)23(25)26)16(24)22-13-5-1-3-10-4-2-8-21-15(10)13/h1-9H,(H,22,24). The Labute approximate surface area is 144 Å². The minimum Gasteiger partial charge on any atom is -0.320 e. The summed E-state index contributed by atoms with van der Waals surface area (Å²) in [5.74, 6) is -0.899. The van der Waals surface area contributed by atoms with Crippen LogP contribution < -0.4 is 5.32 Å². The van der Waals surface area contributed by atoms with Gasteiger partial charge in [0, 0.05) is 17.6 Å². The number of carbonyl (C=O) groups excluding carboxylic acids is 1. The summed E-state index contributed by atoms with van der Waals surface area (Å²) in [6.45, 7) is 0. The van der Waals surface area contributed by atoms with Gasteiger partial charge in [0.05, 0.1) is 21.7 Å². The highest BCUT2D eigenvalue weighted by Crippen LogP contribution is 2.33. The highest BCUT2D eigenvalue weighted by atomic mass is 19.4. The van der Waals surface area contributed by atoms with Crippen LogP contribution in [0.3, 0.4) is 0 Å². The molecule has 9 heteroatoms. The van der Waals surface area contributed by atoms with E-state index in [1.165, 1.54) is 6.20 Å². The summed E-state index contributed by atoms with van der Waals surface area (Å²) in [7, 11) is 0. The molecule has 26 heavy (non-hydrogen) atoms. The van der Waals surface area contributed by atoms with Gasteiger partial charge < -0.3 is 5.32 Å². The molecule has 1 aromatic heterocycles. The second-order valence-corrected chi connectivity index (χ2v) is 5.32. The van der Waals surface area contributed by atoms with E-state index in [1.807, 2.05) is 0 Å². The average molecular weight is 361 g/mol. The smallest absolute Gasteiger partial charge is 0.320 e. The third kappa shape index (κ3) is 3.32. The summed E-state index contributed by atoms with van der Waals surface area (Å²) in [5.41, 5.74) is -1.85. The number of hydrogen-bond donors (Lipinski definition) is 1. The van der Waals surface area contributed by atoms with Gasteiger partial charge in [-0.2, -0.15) is 13.2 Å². The number of aromatic nitrogens is 1. The lowest BCUT2D eigenvalue weighted by Gasteiger charge is -2.10. The lowest BCUT2D eigenvalue weighted by Crippen LogP contribution is -2.15. The number of benzene rings is 2. The number of nitro benzene ring substituents is 1. The zero-order valence-corrected chi connectivity index (χ0v) is 12.9. The molecule has 0 saturated carbocycles. The molecular weight excluding hydrogens is 351 g/mol. The largest absolute Gasteiger partial charge is 0.416 e. The molecule has 6 nitrogen and oxygen atoms in total. The Morgan fingerprint density at radius 2 is 1.85 bits per heavy atom. The van der Waals surface area contributed by atoms with Crippen molar-refractivity contribution in [1.82, 2.24) is 4.98 Å². The fraction of sp³-hybridized carbons (Fsp3) is 0.0588. The van der Waals surface area contributed by atoms with E-state index >= 15 is 0 Å². The van der Waals surface area contributed by atoms with Crippen molar-refractivity contribution in [2.45, 2.75) is 6.18 Å². The van der Waals surface area contributed by atoms with Gasteiger partial charge in [-0.25, -0.2) is 0 Å². The molecule has 3 aromatic rings. The van der Waals surface area contributed by atoms with Crippen molar-refractivity contribution < 1.29 is 22.9 Å². The summed E-state index contributed by atoms with van der Waals surface area (Å²) in [4.78, 5) is 26.6. The molecule has 0 fully saturated rings. The lowest BCUT2D eigenvalue weighted by molar-refractivity contribution is -0.385. The fourth-order valence-electron chi connectivity index (χ4n) is 2.45. The van der Waals surface area contributed by atoms with Gasteiger partial charge in [-0.05, 0) is 24.3 Å². The van der Waals surface area contributed by atoms with Gasteiger partial charge in [0.25, 0.3) is 11.6 Å². The number of amides is 1. The van der Waals surface area contributed by atoms with Gasteiger partial charge in [0.2, 0.25) is 0 Å². The number of nitrogens with zero attached hydrogens (tertiary/aromatic N) is 2. The Hall–Kier alpha value is -3.49. The molecule has 0 aliphatic heterocycles. The third-order valence-electron chi connectivity index (χ3n) is 3.65. The van der Waals surface area contributed by atoms with Crippen LogP contribution in [0.1, 0.15) is 15.9 Å². The SMILES string of the molecule is O=C(Nc1cccc2cccnc12)c1ccc(C(F)(F)F)cc1[N+](=O)[O-]. The zero-order valence-electron chi connectivity index (χ0n) is 12.9. The van der Waals surface area contributed by atoms with Crippen LogP contribution in [0.25, 0.3) is 10.9 Å². The van der Waals surface area contributed by atoms with E-state index in [0.717, 1.165) is 11.5 Å². The van der Waals surface area contributed by atoms with Crippen molar-refractivity contribution in [2.75, 3.05) is 5.32 Å². The number of rotatable bonds is 3. The molecule has 1 heterocycles. The van der Waals surface area contributed by atoms with Crippen LogP contribution in [-0.2, 0) is 6.18 Å². The van der Waals surface area contributed by atoms with Crippen LogP contribution in [-0.4, -0.2) is 15.8 Å². The number of para-hydroxylation sites is 1. The van der Waals surface area contributed by atoms with Crippen LogP contribution in [0.15, 0.2) is 54.7 Å². The van der Waals surface area contributed by atoms with Gasteiger partial charge >= 0.3 is 6.18 Å². The first-order chi connectivity index (χ1) is 12.3. The van der Waals surface area contributed by atoms with Gasteiger partial charge in [-0.15, -0.1) is 0 Å². The van der Waals surface area contributed by atoms with E-state index < -0.39 is 33.8 Å². The number of alkyl halides is 3. The molecule has 0 bridgehead atoms. The number of carbonyl (C=O) groups is 1. The van der Waals surface area contributed by atoms with Crippen LogP contribution in [0.4, 0.5) is 24.5 Å². The van der Waals surface area contributed by atoms with E-state index in [0.29, 0.717) is 23.3 Å². The maximum absolute atomic E-state index is 12.8. The van der Waals surface area contributed by atoms with Crippen molar-refractivity contribution in [3.05, 3.63) is 76.0 Å². The Balaban J connectivity index is 2.01. The molecule has 1 amide bonds. The van der Waals surface area contributed by atoms with Crippen LogP contribution >= 0.6 is 0 Å². The summed E-state index contributed by atoms with van der Waals surface area (Å²) in [6, 6.07) is 10.2. The first-order valence-corrected chi connectivity index (χ1v) is 7.28. The second-order valence-electron chi connectivity index (χ2n) is 5.32. The summed E-state index contributed by atoms with van der Waals surface area (Å²) >= 11 is 0. The number of hydrogen-bond acceptors (Lipinski definition) is 4. The topological polar surface area (TPSA) is 85.1 Å². The number of fused-ring (bicyclic) bond motifs is 1. The van der Waals surface area contributed by atoms with Gasteiger partial charge in [-0.3, -0.25) is 19.9 Å². The van der Waals surface area contributed by atoms with Crippen molar-refractivity contribution in [1.29, 1.82) is 0 Å². The third-order valence-corrected chi connectivity index (χ3v) is 3.65. The monoisotopic (exact) mass is 361 g/mol. The minimum atomic E-state index is -4.75. The Morgan fingerprint density at radius 3 is 2.54 bits per heavy atom. The highest BCUT2D eigenvalue weighted by Gasteiger charge is 2.34. The van der Waals surface area contributed by atoms with Gasteiger partial charge in [0.1, 0.15) is 5.56 Å². The zero-order chi connectivity index (χ0) is 18.9.